The second-order valence-electron chi connectivity index (χ2n) is 6.21. The number of nitrogens with two attached hydrogens (primary N) is 1. The molecule has 4 N–H and O–H groups in total. The number of rotatable bonds is 8. The van der Waals surface area contributed by atoms with Gasteiger partial charge in [-0.15, -0.1) is 24.0 Å². The molecule has 142 valence electrons. The molecule has 0 atom stereocenters. The van der Waals surface area contributed by atoms with Crippen LogP contribution in [0.4, 0.5) is 4.39 Å². The van der Waals surface area contributed by atoms with E-state index in [2.05, 4.69) is 31.6 Å². The van der Waals surface area contributed by atoms with Crippen molar-refractivity contribution in [2.75, 3.05) is 19.6 Å². The molecule has 8 heteroatoms. The van der Waals surface area contributed by atoms with Gasteiger partial charge in [0.25, 0.3) is 0 Å². The van der Waals surface area contributed by atoms with Gasteiger partial charge in [0.1, 0.15) is 5.82 Å². The molecule has 0 aliphatic carbocycles. The highest BCUT2D eigenvalue weighted by atomic mass is 127. The summed E-state index contributed by atoms with van der Waals surface area (Å²) in [7, 11) is 0. The third-order valence-corrected chi connectivity index (χ3v) is 4.07. The number of halogens is 3. The SMILES string of the molecule is CCNC(=NCC(C)(C)C(N)=O)NCCCc1ccc(Br)cc1F.I. The Hall–Kier alpha value is -0.900. The molecule has 25 heavy (non-hydrogen) atoms. The summed E-state index contributed by atoms with van der Waals surface area (Å²) in [6, 6.07) is 5.09. The van der Waals surface area contributed by atoms with Crippen molar-refractivity contribution in [3.8, 4) is 0 Å². The van der Waals surface area contributed by atoms with Crippen LogP contribution in [0.1, 0.15) is 32.8 Å². The van der Waals surface area contributed by atoms with Gasteiger partial charge in [-0.2, -0.15) is 0 Å². The van der Waals surface area contributed by atoms with Gasteiger partial charge in [0.05, 0.1) is 12.0 Å². The molecule has 0 fully saturated rings. The van der Waals surface area contributed by atoms with Crippen LogP contribution in [0.3, 0.4) is 0 Å². The first kappa shape index (κ1) is 24.1. The first-order chi connectivity index (χ1) is 11.3. The quantitative estimate of drug-likeness (QED) is 0.210. The third-order valence-electron chi connectivity index (χ3n) is 3.57. The van der Waals surface area contributed by atoms with Crippen LogP contribution in [0.15, 0.2) is 27.7 Å². The number of primary amides is 1. The van der Waals surface area contributed by atoms with Gasteiger partial charge in [0.2, 0.25) is 5.91 Å². The topological polar surface area (TPSA) is 79.5 Å². The van der Waals surface area contributed by atoms with E-state index < -0.39 is 5.41 Å². The van der Waals surface area contributed by atoms with Gasteiger partial charge in [0.15, 0.2) is 5.96 Å². The highest BCUT2D eigenvalue weighted by Gasteiger charge is 2.24. The van der Waals surface area contributed by atoms with Crippen molar-refractivity contribution in [1.82, 2.24) is 10.6 Å². The highest BCUT2D eigenvalue weighted by molar-refractivity contribution is 14.0. The Morgan fingerprint density at radius 2 is 2.04 bits per heavy atom. The van der Waals surface area contributed by atoms with Crippen LogP contribution in [-0.2, 0) is 11.2 Å². The van der Waals surface area contributed by atoms with Crippen LogP contribution >= 0.6 is 39.9 Å². The molecule has 1 aromatic rings. The van der Waals surface area contributed by atoms with E-state index in [1.54, 1.807) is 19.9 Å². The van der Waals surface area contributed by atoms with Gasteiger partial charge < -0.3 is 16.4 Å². The summed E-state index contributed by atoms with van der Waals surface area (Å²) in [6.45, 7) is 7.16. The molecule has 0 saturated carbocycles. The molecule has 0 aliphatic rings. The van der Waals surface area contributed by atoms with E-state index in [1.165, 1.54) is 6.07 Å². The molecule has 1 rings (SSSR count). The van der Waals surface area contributed by atoms with E-state index in [0.717, 1.165) is 10.9 Å². The Labute approximate surface area is 174 Å². The lowest BCUT2D eigenvalue weighted by Gasteiger charge is -2.19. The number of hydrogen-bond donors (Lipinski definition) is 3. The lowest BCUT2D eigenvalue weighted by Crippen LogP contribution is -2.40. The van der Waals surface area contributed by atoms with Crippen LogP contribution < -0.4 is 16.4 Å². The van der Waals surface area contributed by atoms with Crippen LogP contribution in [0.5, 0.6) is 0 Å². The summed E-state index contributed by atoms with van der Waals surface area (Å²) in [4.78, 5) is 15.7. The Balaban J connectivity index is 0.00000576. The van der Waals surface area contributed by atoms with Crippen molar-refractivity contribution in [3.63, 3.8) is 0 Å². The minimum Gasteiger partial charge on any atom is -0.369 e. The molecule has 1 aromatic carbocycles. The van der Waals surface area contributed by atoms with Gasteiger partial charge in [0, 0.05) is 17.6 Å². The zero-order chi connectivity index (χ0) is 18.2. The number of benzene rings is 1. The fraction of sp³-hybridized carbons (Fsp3) is 0.529. The number of hydrogen-bond acceptors (Lipinski definition) is 2. The Morgan fingerprint density at radius 3 is 2.60 bits per heavy atom. The predicted molar refractivity (Wildman–Crippen MR) is 115 cm³/mol. The van der Waals surface area contributed by atoms with Crippen molar-refractivity contribution in [3.05, 3.63) is 34.1 Å². The van der Waals surface area contributed by atoms with Gasteiger partial charge >= 0.3 is 0 Å². The fourth-order valence-electron chi connectivity index (χ4n) is 1.91. The van der Waals surface area contributed by atoms with Crippen molar-refractivity contribution in [2.45, 2.75) is 33.6 Å². The molecule has 0 aliphatic heterocycles. The highest BCUT2D eigenvalue weighted by Crippen LogP contribution is 2.16. The van der Waals surface area contributed by atoms with Crippen molar-refractivity contribution >= 4 is 51.8 Å². The van der Waals surface area contributed by atoms with E-state index >= 15 is 0 Å². The fourth-order valence-corrected chi connectivity index (χ4v) is 2.24. The number of nitrogens with one attached hydrogen (secondary N) is 2. The maximum atomic E-state index is 13.8. The lowest BCUT2D eigenvalue weighted by atomic mass is 9.93. The van der Waals surface area contributed by atoms with Gasteiger partial charge in [-0.25, -0.2) is 4.39 Å². The van der Waals surface area contributed by atoms with E-state index in [0.29, 0.717) is 37.6 Å². The summed E-state index contributed by atoms with van der Waals surface area (Å²) in [6.07, 6.45) is 1.40. The summed E-state index contributed by atoms with van der Waals surface area (Å²) in [5, 5.41) is 6.31. The van der Waals surface area contributed by atoms with E-state index in [1.807, 2.05) is 13.0 Å². The number of aryl methyl sites for hydroxylation is 1. The van der Waals surface area contributed by atoms with Crippen molar-refractivity contribution in [2.24, 2.45) is 16.1 Å². The molecule has 0 saturated heterocycles. The van der Waals surface area contributed by atoms with E-state index in [9.17, 15) is 9.18 Å². The van der Waals surface area contributed by atoms with Crippen molar-refractivity contribution < 1.29 is 9.18 Å². The molecular formula is C17H27BrFIN4O. The number of carbonyl (C=O) groups is 1. The molecule has 0 spiro atoms. The molecule has 0 bridgehead atoms. The average molecular weight is 529 g/mol. The molecule has 0 aromatic heterocycles. The standard InChI is InChI=1S/C17H26BrFN4O.HI/c1-4-21-16(23-11-17(2,3)15(20)24)22-9-5-6-12-7-8-13(18)10-14(12)19;/h7-8,10H,4-6,9,11H2,1-3H3,(H2,20,24)(H2,21,22,23);1H. The van der Waals surface area contributed by atoms with Gasteiger partial charge in [-0.05, 0) is 51.3 Å². The molecule has 0 unspecified atom stereocenters. The minimum atomic E-state index is -0.692. The molecule has 1 amide bonds. The summed E-state index contributed by atoms with van der Waals surface area (Å²) in [5.74, 6) is 0.0454. The first-order valence-electron chi connectivity index (χ1n) is 8.02. The van der Waals surface area contributed by atoms with Gasteiger partial charge in [-0.3, -0.25) is 9.79 Å². The summed E-state index contributed by atoms with van der Waals surface area (Å²) < 4.78 is 14.5. The van der Waals surface area contributed by atoms with Crippen molar-refractivity contribution in [1.29, 1.82) is 0 Å². The summed E-state index contributed by atoms with van der Waals surface area (Å²) >= 11 is 3.25. The normalized spacial score (nSPS) is 11.6. The Kier molecular flexibility index (Phi) is 11.2. The first-order valence-corrected chi connectivity index (χ1v) is 8.81. The number of guanidine groups is 1. The largest absolute Gasteiger partial charge is 0.369 e. The monoisotopic (exact) mass is 528 g/mol. The molecule has 0 radical (unpaired) electrons. The molecule has 0 heterocycles. The lowest BCUT2D eigenvalue weighted by molar-refractivity contribution is -0.125. The van der Waals surface area contributed by atoms with Crippen LogP contribution in [-0.4, -0.2) is 31.5 Å². The number of carbonyl (C=O) groups excluding carboxylic acids is 1. The number of amides is 1. The summed E-state index contributed by atoms with van der Waals surface area (Å²) in [5.41, 5.74) is 5.35. The van der Waals surface area contributed by atoms with Crippen LogP contribution in [0.2, 0.25) is 0 Å². The predicted octanol–water partition coefficient (Wildman–Crippen LogP) is 3.21. The third kappa shape index (κ3) is 8.84. The molecular weight excluding hydrogens is 502 g/mol. The maximum absolute atomic E-state index is 13.8. The smallest absolute Gasteiger partial charge is 0.224 e. The zero-order valence-corrected chi connectivity index (χ0v) is 18.8. The second-order valence-corrected chi connectivity index (χ2v) is 7.13. The van der Waals surface area contributed by atoms with Crippen LogP contribution in [0, 0.1) is 11.2 Å². The number of nitrogens with zero attached hydrogens (tertiary/aromatic N) is 1. The van der Waals surface area contributed by atoms with Gasteiger partial charge in [-0.1, -0.05) is 22.0 Å². The van der Waals surface area contributed by atoms with E-state index in [-0.39, 0.29) is 35.7 Å². The number of aliphatic imine (C=N–C) groups is 1. The van der Waals surface area contributed by atoms with E-state index in [4.69, 9.17) is 5.73 Å². The second kappa shape index (κ2) is 11.7. The average Bonchev–Trinajstić information content (AvgIpc) is 2.50. The maximum Gasteiger partial charge on any atom is 0.224 e. The Morgan fingerprint density at radius 1 is 1.36 bits per heavy atom. The minimum absolute atomic E-state index is 0. The zero-order valence-electron chi connectivity index (χ0n) is 14.9. The molecule has 5 nitrogen and oxygen atoms in total. The van der Waals surface area contributed by atoms with Crippen LogP contribution in [0.25, 0.3) is 0 Å². The Bertz CT molecular complexity index is 596.